The molecule has 136 valence electrons. The Morgan fingerprint density at radius 3 is 3.04 bits per heavy atom. The molecule has 0 saturated heterocycles. The van der Waals surface area contributed by atoms with Gasteiger partial charge in [-0.1, -0.05) is 6.07 Å². The van der Waals surface area contributed by atoms with E-state index < -0.39 is 5.60 Å². The summed E-state index contributed by atoms with van der Waals surface area (Å²) in [4.78, 5) is 5.21. The van der Waals surface area contributed by atoms with E-state index in [1.807, 2.05) is 31.4 Å². The molecule has 3 N–H and O–H groups in total. The fourth-order valence-electron chi connectivity index (χ4n) is 3.09. The number of nitrogens with one attached hydrogen (secondary N) is 2. The van der Waals surface area contributed by atoms with Crippen LogP contribution in [0.5, 0.6) is 0 Å². The van der Waals surface area contributed by atoms with Crippen molar-refractivity contribution in [1.82, 2.24) is 25.4 Å². The minimum absolute atomic E-state index is 0.409. The Labute approximate surface area is 152 Å². The predicted octanol–water partition coefficient (Wildman–Crippen LogP) is 1.28. The lowest BCUT2D eigenvalue weighted by molar-refractivity contribution is 0.0655. The van der Waals surface area contributed by atoms with E-state index in [0.717, 1.165) is 42.5 Å². The zero-order chi connectivity index (χ0) is 17.9. The number of nitrogens with zero attached hydrogens (tertiary/aromatic N) is 4. The molecule has 2 aromatic rings. The van der Waals surface area contributed by atoms with Crippen LogP contribution in [0, 0.1) is 12.8 Å². The van der Waals surface area contributed by atoms with Crippen molar-refractivity contribution in [2.45, 2.75) is 38.8 Å². The molecule has 0 fully saturated rings. The quantitative estimate of drug-likeness (QED) is 0.551. The molecule has 3 rings (SSSR count). The third-order valence-electron chi connectivity index (χ3n) is 4.66. The number of fused-ring (bicyclic) bond motifs is 1. The Balaban J connectivity index is 1.49. The highest BCUT2D eigenvalue weighted by atomic mass is 32.1. The molecule has 3 heterocycles. The van der Waals surface area contributed by atoms with Crippen molar-refractivity contribution in [1.29, 1.82) is 0 Å². The first kappa shape index (κ1) is 17.9. The number of rotatable bonds is 5. The molecule has 1 aliphatic rings. The SMILES string of the molecule is CN=C(NCC1CCc2nnc(C)n2C1)NCC(C)(O)c1cccs1. The first-order valence-corrected chi connectivity index (χ1v) is 9.47. The van der Waals surface area contributed by atoms with E-state index >= 15 is 0 Å². The van der Waals surface area contributed by atoms with Gasteiger partial charge in [0.25, 0.3) is 0 Å². The third kappa shape index (κ3) is 4.19. The minimum atomic E-state index is -0.912. The van der Waals surface area contributed by atoms with E-state index in [1.165, 1.54) is 0 Å². The molecule has 8 heteroatoms. The van der Waals surface area contributed by atoms with Gasteiger partial charge in [-0.2, -0.15) is 0 Å². The molecule has 0 spiro atoms. The van der Waals surface area contributed by atoms with Gasteiger partial charge in [-0.25, -0.2) is 0 Å². The number of aromatic nitrogens is 3. The van der Waals surface area contributed by atoms with Crippen LogP contribution in [-0.4, -0.2) is 46.0 Å². The third-order valence-corrected chi connectivity index (χ3v) is 5.79. The lowest BCUT2D eigenvalue weighted by Gasteiger charge is -2.26. The van der Waals surface area contributed by atoms with Crippen molar-refractivity contribution in [2.75, 3.05) is 20.1 Å². The number of aliphatic hydroxyl groups is 1. The van der Waals surface area contributed by atoms with Crippen molar-refractivity contribution in [3.05, 3.63) is 34.0 Å². The predicted molar refractivity (Wildman–Crippen MR) is 99.8 cm³/mol. The molecule has 0 bridgehead atoms. The van der Waals surface area contributed by atoms with Gasteiger partial charge in [-0.15, -0.1) is 21.5 Å². The van der Waals surface area contributed by atoms with Gasteiger partial charge in [-0.3, -0.25) is 4.99 Å². The Kier molecular flexibility index (Phi) is 5.39. The van der Waals surface area contributed by atoms with Gasteiger partial charge < -0.3 is 20.3 Å². The van der Waals surface area contributed by atoms with E-state index in [1.54, 1.807) is 18.4 Å². The first-order valence-electron chi connectivity index (χ1n) is 8.59. The topological polar surface area (TPSA) is 87.4 Å². The Morgan fingerprint density at radius 1 is 1.48 bits per heavy atom. The number of aliphatic imine (C=N–C) groups is 1. The Bertz CT molecular complexity index is 722. The van der Waals surface area contributed by atoms with Gasteiger partial charge >= 0.3 is 0 Å². The summed E-state index contributed by atoms with van der Waals surface area (Å²) in [6.07, 6.45) is 2.06. The lowest BCUT2D eigenvalue weighted by Crippen LogP contribution is -2.46. The van der Waals surface area contributed by atoms with Crippen LogP contribution in [0.25, 0.3) is 0 Å². The standard InChI is InChI=1S/C17H26N6OS/c1-12-21-22-15-7-6-13(10-23(12)15)9-19-16(18-3)20-11-17(2,24)14-5-4-8-25-14/h4-5,8,13,24H,6-7,9-11H2,1-3H3,(H2,18,19,20). The first-order chi connectivity index (χ1) is 12.0. The van der Waals surface area contributed by atoms with E-state index in [9.17, 15) is 5.11 Å². The maximum atomic E-state index is 10.6. The van der Waals surface area contributed by atoms with Gasteiger partial charge in [0.1, 0.15) is 17.2 Å². The molecule has 0 saturated carbocycles. The molecule has 0 aliphatic carbocycles. The van der Waals surface area contributed by atoms with Crippen molar-refractivity contribution >= 4 is 17.3 Å². The highest BCUT2D eigenvalue weighted by Gasteiger charge is 2.25. The van der Waals surface area contributed by atoms with Crippen LogP contribution in [0.1, 0.15) is 29.9 Å². The van der Waals surface area contributed by atoms with Gasteiger partial charge in [0.15, 0.2) is 5.96 Å². The zero-order valence-corrected chi connectivity index (χ0v) is 15.8. The maximum absolute atomic E-state index is 10.6. The summed E-state index contributed by atoms with van der Waals surface area (Å²) >= 11 is 1.56. The second kappa shape index (κ2) is 7.53. The smallest absolute Gasteiger partial charge is 0.191 e. The molecule has 2 atom stereocenters. The van der Waals surface area contributed by atoms with Crippen LogP contribution < -0.4 is 10.6 Å². The monoisotopic (exact) mass is 362 g/mol. The van der Waals surface area contributed by atoms with Crippen LogP contribution >= 0.6 is 11.3 Å². The van der Waals surface area contributed by atoms with Gasteiger partial charge in [0.05, 0.1) is 6.54 Å². The van der Waals surface area contributed by atoms with Gasteiger partial charge in [-0.05, 0) is 37.6 Å². The lowest BCUT2D eigenvalue weighted by atomic mass is 9.99. The highest BCUT2D eigenvalue weighted by Crippen LogP contribution is 2.24. The van der Waals surface area contributed by atoms with Crippen molar-refractivity contribution in [3.63, 3.8) is 0 Å². The largest absolute Gasteiger partial charge is 0.383 e. The second-order valence-corrected chi connectivity index (χ2v) is 7.68. The molecule has 0 amide bonds. The number of thiophene rings is 1. The van der Waals surface area contributed by atoms with Gasteiger partial charge in [0.2, 0.25) is 0 Å². The minimum Gasteiger partial charge on any atom is -0.383 e. The summed E-state index contributed by atoms with van der Waals surface area (Å²) in [5.41, 5.74) is -0.912. The number of aryl methyl sites for hydroxylation is 2. The normalized spacial score (nSPS) is 20.0. The van der Waals surface area contributed by atoms with Crippen LogP contribution in [0.15, 0.2) is 22.5 Å². The highest BCUT2D eigenvalue weighted by molar-refractivity contribution is 7.10. The van der Waals surface area contributed by atoms with Crippen LogP contribution in [0.3, 0.4) is 0 Å². The maximum Gasteiger partial charge on any atom is 0.191 e. The van der Waals surface area contributed by atoms with E-state index in [-0.39, 0.29) is 0 Å². The number of hydrogen-bond donors (Lipinski definition) is 3. The molecule has 1 aliphatic heterocycles. The summed E-state index contributed by atoms with van der Waals surface area (Å²) in [5, 5.41) is 27.5. The summed E-state index contributed by atoms with van der Waals surface area (Å²) in [7, 11) is 1.75. The second-order valence-electron chi connectivity index (χ2n) is 6.74. The fraction of sp³-hybridized carbons (Fsp3) is 0.588. The Morgan fingerprint density at radius 2 is 2.32 bits per heavy atom. The molecule has 7 nitrogen and oxygen atoms in total. The molecule has 0 aromatic carbocycles. The van der Waals surface area contributed by atoms with Crippen LogP contribution in [0.2, 0.25) is 0 Å². The van der Waals surface area contributed by atoms with Crippen molar-refractivity contribution < 1.29 is 5.11 Å². The van der Waals surface area contributed by atoms with E-state index in [0.29, 0.717) is 18.4 Å². The van der Waals surface area contributed by atoms with E-state index in [4.69, 9.17) is 0 Å². The molecule has 0 radical (unpaired) electrons. The molecule has 25 heavy (non-hydrogen) atoms. The average Bonchev–Trinajstić information content (AvgIpc) is 3.26. The molecule has 2 aromatic heterocycles. The summed E-state index contributed by atoms with van der Waals surface area (Å²) in [6, 6.07) is 3.90. The van der Waals surface area contributed by atoms with E-state index in [2.05, 4.69) is 30.4 Å². The Hall–Kier alpha value is -1.93. The zero-order valence-electron chi connectivity index (χ0n) is 15.0. The molecule has 2 unspecified atom stereocenters. The fourth-order valence-corrected chi connectivity index (χ4v) is 3.87. The van der Waals surface area contributed by atoms with Crippen molar-refractivity contribution in [3.8, 4) is 0 Å². The molecular weight excluding hydrogens is 336 g/mol. The summed E-state index contributed by atoms with van der Waals surface area (Å²) < 4.78 is 2.20. The average molecular weight is 363 g/mol. The number of guanidine groups is 1. The number of hydrogen-bond acceptors (Lipinski definition) is 5. The molecular formula is C17H26N6OS. The van der Waals surface area contributed by atoms with Crippen molar-refractivity contribution in [2.24, 2.45) is 10.9 Å². The van der Waals surface area contributed by atoms with Gasteiger partial charge in [0, 0.05) is 31.4 Å². The van der Waals surface area contributed by atoms with Crippen LogP contribution in [0.4, 0.5) is 0 Å². The summed E-state index contributed by atoms with van der Waals surface area (Å²) in [6.45, 7) is 5.99. The van der Waals surface area contributed by atoms with Crippen LogP contribution in [-0.2, 0) is 18.6 Å². The summed E-state index contributed by atoms with van der Waals surface area (Å²) in [5.74, 6) is 3.29.